The number of rotatable bonds is 30. The maximum atomic E-state index is 12.7. The van der Waals surface area contributed by atoms with Crippen molar-refractivity contribution in [3.63, 3.8) is 0 Å². The second kappa shape index (κ2) is 28.7. The van der Waals surface area contributed by atoms with Gasteiger partial charge in [-0.3, -0.25) is 9.36 Å². The molecule has 0 spiro atoms. The summed E-state index contributed by atoms with van der Waals surface area (Å²) in [4.78, 5) is 25.0. The molecule has 0 aromatic heterocycles. The quantitative estimate of drug-likeness (QED) is 0.0353. The maximum absolute atomic E-state index is 12.7. The number of likely N-dealkylation sites (N-methyl/N-ethyl adjacent to an activating group) is 1. The molecule has 0 aliphatic carbocycles. The minimum atomic E-state index is -4.59. The Morgan fingerprint density at radius 2 is 1.33 bits per heavy atom. The Morgan fingerprint density at radius 1 is 0.800 bits per heavy atom. The minimum absolute atomic E-state index is 0.0125. The van der Waals surface area contributed by atoms with Crippen LogP contribution in [-0.2, 0) is 18.4 Å². The van der Waals surface area contributed by atoms with Gasteiger partial charge in [-0.15, -0.1) is 0 Å². The number of carbonyl (C=O) groups excluding carboxylic acids is 1. The van der Waals surface area contributed by atoms with E-state index >= 15 is 0 Å². The lowest BCUT2D eigenvalue weighted by atomic mass is 10.1. The highest BCUT2D eigenvalue weighted by Crippen LogP contribution is 2.38. The molecule has 1 amide bonds. The van der Waals surface area contributed by atoms with Crippen LogP contribution in [0, 0.1) is 0 Å². The summed E-state index contributed by atoms with van der Waals surface area (Å²) in [5.74, 6) is -0.228. The number of quaternary nitrogens is 1. The van der Waals surface area contributed by atoms with Gasteiger partial charge in [0.15, 0.2) is 0 Å². The standard InChI is InChI=1S/C36H67N2O6P/c1-6-8-10-12-14-16-17-18-19-20-22-24-26-28-30-36(40)37-34(33-44-45(41,42)43-32-31-38(3,4)5)35(39)29-27-25-23-21-15-13-11-9-7-2/h7,9,15,17-18,21,27,29,34-35,39H,6,8,10-14,16,19-20,22-26,28,30-33H2,1-5H3,(H-,37,40,41,42)/b9-7+,18-17-,21-15+,29-27+. The van der Waals surface area contributed by atoms with Crippen LogP contribution in [0.25, 0.3) is 0 Å². The number of nitrogens with zero attached hydrogens (tertiary/aromatic N) is 1. The second-order valence-corrected chi connectivity index (χ2v) is 14.3. The van der Waals surface area contributed by atoms with Gasteiger partial charge >= 0.3 is 0 Å². The van der Waals surface area contributed by atoms with Gasteiger partial charge in [0.2, 0.25) is 5.91 Å². The molecule has 2 N–H and O–H groups in total. The number of nitrogens with one attached hydrogen (secondary N) is 1. The number of unbranched alkanes of at least 4 members (excludes halogenated alkanes) is 12. The van der Waals surface area contributed by atoms with Crippen molar-refractivity contribution in [3.05, 3.63) is 48.6 Å². The fourth-order valence-electron chi connectivity index (χ4n) is 4.48. The molecule has 0 aromatic carbocycles. The first-order chi connectivity index (χ1) is 21.5. The zero-order valence-electron chi connectivity index (χ0n) is 29.3. The molecule has 0 aliphatic heterocycles. The van der Waals surface area contributed by atoms with Crippen LogP contribution in [0.3, 0.4) is 0 Å². The molecule has 0 rings (SSSR count). The summed E-state index contributed by atoms with van der Waals surface area (Å²) in [5, 5.41) is 13.6. The molecular weight excluding hydrogens is 587 g/mol. The van der Waals surface area contributed by atoms with E-state index < -0.39 is 26.6 Å². The summed E-state index contributed by atoms with van der Waals surface area (Å²) < 4.78 is 22.9. The van der Waals surface area contributed by atoms with E-state index in [1.807, 2.05) is 40.2 Å². The molecule has 0 aromatic rings. The first-order valence-electron chi connectivity index (χ1n) is 17.5. The Balaban J connectivity index is 4.61. The number of phosphoric ester groups is 1. The average molecular weight is 655 g/mol. The molecule has 9 heteroatoms. The van der Waals surface area contributed by atoms with Gasteiger partial charge in [-0.1, -0.05) is 100 Å². The van der Waals surface area contributed by atoms with Crippen LogP contribution in [0.1, 0.15) is 123 Å². The fraction of sp³-hybridized carbons (Fsp3) is 0.750. The zero-order valence-corrected chi connectivity index (χ0v) is 30.2. The van der Waals surface area contributed by atoms with E-state index in [1.54, 1.807) is 6.08 Å². The SMILES string of the molecule is C/C=C/CC/C=C/CC/C=C/C(O)C(COP(=O)([O-])OCC[N+](C)(C)C)NC(=O)CCCCCCC/C=C\CCCCCCC. The monoisotopic (exact) mass is 654 g/mol. The normalized spacial score (nSPS) is 15.4. The van der Waals surface area contributed by atoms with Crippen molar-refractivity contribution in [2.45, 2.75) is 135 Å². The Bertz CT molecular complexity index is 881. The third kappa shape index (κ3) is 30.9. The van der Waals surface area contributed by atoms with Crippen molar-refractivity contribution in [2.75, 3.05) is 40.9 Å². The maximum Gasteiger partial charge on any atom is 0.268 e. The van der Waals surface area contributed by atoms with Gasteiger partial charge in [-0.25, -0.2) is 0 Å². The third-order valence-electron chi connectivity index (χ3n) is 7.33. The summed E-state index contributed by atoms with van der Waals surface area (Å²) in [6.45, 7) is 4.32. The van der Waals surface area contributed by atoms with E-state index in [9.17, 15) is 19.4 Å². The smallest absolute Gasteiger partial charge is 0.268 e. The van der Waals surface area contributed by atoms with E-state index in [0.29, 0.717) is 17.4 Å². The Kier molecular flexibility index (Phi) is 27.7. The van der Waals surface area contributed by atoms with Crippen LogP contribution in [0.5, 0.6) is 0 Å². The number of hydrogen-bond donors (Lipinski definition) is 2. The predicted octanol–water partition coefficient (Wildman–Crippen LogP) is 7.94. The zero-order chi connectivity index (χ0) is 33.7. The van der Waals surface area contributed by atoms with Crippen LogP contribution in [0.4, 0.5) is 0 Å². The number of aliphatic hydroxyl groups is 1. The molecule has 45 heavy (non-hydrogen) atoms. The lowest BCUT2D eigenvalue weighted by Crippen LogP contribution is -2.45. The first kappa shape index (κ1) is 43.5. The highest BCUT2D eigenvalue weighted by atomic mass is 31.2. The fourth-order valence-corrected chi connectivity index (χ4v) is 5.20. The molecule has 0 bridgehead atoms. The molecule has 262 valence electrons. The van der Waals surface area contributed by atoms with Crippen molar-refractivity contribution in [3.8, 4) is 0 Å². The van der Waals surface area contributed by atoms with E-state index in [0.717, 1.165) is 64.2 Å². The Morgan fingerprint density at radius 3 is 1.93 bits per heavy atom. The van der Waals surface area contributed by atoms with Crippen molar-refractivity contribution < 1.29 is 32.9 Å². The summed E-state index contributed by atoms with van der Waals surface area (Å²) in [6.07, 6.45) is 33.2. The van der Waals surface area contributed by atoms with Gasteiger partial charge < -0.3 is 28.8 Å². The predicted molar refractivity (Wildman–Crippen MR) is 187 cm³/mol. The molecule has 3 atom stereocenters. The van der Waals surface area contributed by atoms with Gasteiger partial charge in [-0.05, 0) is 64.7 Å². The van der Waals surface area contributed by atoms with E-state index in [1.165, 1.54) is 38.5 Å². The number of allylic oxidation sites excluding steroid dienone is 7. The van der Waals surface area contributed by atoms with E-state index in [2.05, 4.69) is 42.6 Å². The molecular formula is C36H67N2O6P. The number of carbonyl (C=O) groups is 1. The lowest BCUT2D eigenvalue weighted by molar-refractivity contribution is -0.870. The number of amides is 1. The second-order valence-electron chi connectivity index (χ2n) is 12.9. The highest BCUT2D eigenvalue weighted by molar-refractivity contribution is 7.45. The number of hydrogen-bond acceptors (Lipinski definition) is 6. The van der Waals surface area contributed by atoms with Crippen LogP contribution >= 0.6 is 7.82 Å². The first-order valence-corrected chi connectivity index (χ1v) is 18.9. The third-order valence-corrected chi connectivity index (χ3v) is 8.30. The van der Waals surface area contributed by atoms with Crippen LogP contribution < -0.4 is 10.2 Å². The molecule has 0 heterocycles. The topological polar surface area (TPSA) is 108 Å². The van der Waals surface area contributed by atoms with Gasteiger partial charge in [0.05, 0.1) is 39.9 Å². The lowest BCUT2D eigenvalue weighted by Gasteiger charge is -2.29. The van der Waals surface area contributed by atoms with Crippen molar-refractivity contribution in [1.29, 1.82) is 0 Å². The number of phosphoric acid groups is 1. The van der Waals surface area contributed by atoms with Crippen molar-refractivity contribution in [1.82, 2.24) is 5.32 Å². The Labute approximate surface area is 276 Å². The van der Waals surface area contributed by atoms with Crippen LogP contribution in [0.15, 0.2) is 48.6 Å². The average Bonchev–Trinajstić information content (AvgIpc) is 2.97. The molecule has 0 saturated heterocycles. The summed E-state index contributed by atoms with van der Waals surface area (Å²) in [7, 11) is 1.22. The largest absolute Gasteiger partial charge is 0.756 e. The molecule has 0 aliphatic rings. The molecule has 3 unspecified atom stereocenters. The highest BCUT2D eigenvalue weighted by Gasteiger charge is 2.23. The van der Waals surface area contributed by atoms with Crippen LogP contribution in [0.2, 0.25) is 0 Å². The molecule has 0 fully saturated rings. The summed E-state index contributed by atoms with van der Waals surface area (Å²) >= 11 is 0. The van der Waals surface area contributed by atoms with Gasteiger partial charge in [0.1, 0.15) is 13.2 Å². The molecule has 0 radical (unpaired) electrons. The van der Waals surface area contributed by atoms with Crippen LogP contribution in [-0.4, -0.2) is 68.5 Å². The van der Waals surface area contributed by atoms with Gasteiger partial charge in [0.25, 0.3) is 7.82 Å². The Hall–Kier alpha value is -1.54. The van der Waals surface area contributed by atoms with Gasteiger partial charge in [-0.2, -0.15) is 0 Å². The van der Waals surface area contributed by atoms with Crippen molar-refractivity contribution in [2.24, 2.45) is 0 Å². The molecule has 0 saturated carbocycles. The summed E-state index contributed by atoms with van der Waals surface area (Å²) in [6, 6.07) is -0.909. The number of aliphatic hydroxyl groups excluding tert-OH is 1. The molecule has 8 nitrogen and oxygen atoms in total. The minimum Gasteiger partial charge on any atom is -0.756 e. The summed E-state index contributed by atoms with van der Waals surface area (Å²) in [5.41, 5.74) is 0. The van der Waals surface area contributed by atoms with Crippen molar-refractivity contribution >= 4 is 13.7 Å². The van der Waals surface area contributed by atoms with E-state index in [4.69, 9.17) is 9.05 Å². The van der Waals surface area contributed by atoms with E-state index in [-0.39, 0.29) is 12.5 Å². The van der Waals surface area contributed by atoms with Gasteiger partial charge in [0, 0.05) is 6.42 Å².